The summed E-state index contributed by atoms with van der Waals surface area (Å²) in [6.45, 7) is 5.90. The average molecular weight is 301 g/mol. The highest BCUT2D eigenvalue weighted by Gasteiger charge is 2.41. The van der Waals surface area contributed by atoms with Gasteiger partial charge in [0.25, 0.3) is 0 Å². The van der Waals surface area contributed by atoms with Crippen LogP contribution >= 0.6 is 11.6 Å². The van der Waals surface area contributed by atoms with Crippen LogP contribution in [0.3, 0.4) is 0 Å². The highest BCUT2D eigenvalue weighted by atomic mass is 35.5. The van der Waals surface area contributed by atoms with E-state index in [2.05, 4.69) is 24.4 Å². The molecule has 114 valence electrons. The molecule has 5 nitrogen and oxygen atoms in total. The summed E-state index contributed by atoms with van der Waals surface area (Å²) in [4.78, 5) is 0. The molecule has 1 aliphatic rings. The molecule has 0 radical (unpaired) electrons. The molecule has 3 N–H and O–H groups in total. The van der Waals surface area contributed by atoms with Crippen molar-refractivity contribution in [2.24, 2.45) is 17.2 Å². The maximum Gasteiger partial charge on any atom is 0.0834 e. The molecule has 0 aromatic carbocycles. The van der Waals surface area contributed by atoms with E-state index in [0.29, 0.717) is 24.1 Å². The molecular formula is C14H25ClN4O. The molecule has 0 bridgehead atoms. The lowest BCUT2D eigenvalue weighted by Crippen LogP contribution is -2.39. The van der Waals surface area contributed by atoms with Crippen LogP contribution < -0.4 is 11.3 Å². The number of hydrogen-bond acceptors (Lipinski definition) is 4. The number of nitrogens with zero attached hydrogens (tertiary/aromatic N) is 2. The summed E-state index contributed by atoms with van der Waals surface area (Å²) in [5, 5.41) is 5.02. The lowest BCUT2D eigenvalue weighted by atomic mass is 9.76. The predicted molar refractivity (Wildman–Crippen MR) is 80.3 cm³/mol. The fourth-order valence-electron chi connectivity index (χ4n) is 3.39. The van der Waals surface area contributed by atoms with Crippen LogP contribution in [0.1, 0.15) is 44.8 Å². The van der Waals surface area contributed by atoms with Crippen molar-refractivity contribution < 1.29 is 4.74 Å². The van der Waals surface area contributed by atoms with Crippen molar-refractivity contribution in [1.82, 2.24) is 15.2 Å². The van der Waals surface area contributed by atoms with Gasteiger partial charge in [0, 0.05) is 7.11 Å². The Labute approximate surface area is 125 Å². The quantitative estimate of drug-likeness (QED) is 0.626. The van der Waals surface area contributed by atoms with Crippen LogP contribution in [0.4, 0.5) is 0 Å². The minimum absolute atomic E-state index is 0.0272. The van der Waals surface area contributed by atoms with Crippen LogP contribution in [0.2, 0.25) is 5.02 Å². The van der Waals surface area contributed by atoms with E-state index in [-0.39, 0.29) is 11.5 Å². The third-order valence-corrected chi connectivity index (χ3v) is 4.85. The monoisotopic (exact) mass is 300 g/mol. The van der Waals surface area contributed by atoms with E-state index in [9.17, 15) is 0 Å². The molecule has 6 heteroatoms. The van der Waals surface area contributed by atoms with Crippen molar-refractivity contribution in [1.29, 1.82) is 0 Å². The molecule has 1 aromatic rings. The van der Waals surface area contributed by atoms with Crippen molar-refractivity contribution in [3.8, 4) is 0 Å². The molecule has 1 aliphatic carbocycles. The molecule has 2 unspecified atom stereocenters. The average Bonchev–Trinajstić information content (AvgIpc) is 2.93. The van der Waals surface area contributed by atoms with E-state index in [1.807, 2.05) is 4.68 Å². The first-order valence-corrected chi connectivity index (χ1v) is 7.55. The van der Waals surface area contributed by atoms with Gasteiger partial charge in [-0.15, -0.1) is 0 Å². The van der Waals surface area contributed by atoms with E-state index < -0.39 is 0 Å². The molecule has 0 aliphatic heterocycles. The highest BCUT2D eigenvalue weighted by molar-refractivity contribution is 6.31. The number of halogens is 1. The Kier molecular flexibility index (Phi) is 5.07. The molecule has 1 saturated carbocycles. The van der Waals surface area contributed by atoms with Gasteiger partial charge in [-0.05, 0) is 24.2 Å². The van der Waals surface area contributed by atoms with Crippen LogP contribution in [0, 0.1) is 11.3 Å². The number of hydrogen-bond donors (Lipinski definition) is 2. The Hall–Kier alpha value is -0.620. The molecular weight excluding hydrogens is 276 g/mol. The first-order chi connectivity index (χ1) is 9.51. The molecule has 2 atom stereocenters. The highest BCUT2D eigenvalue weighted by Crippen LogP contribution is 2.49. The first kappa shape index (κ1) is 15.8. The van der Waals surface area contributed by atoms with Crippen LogP contribution in [0.15, 0.2) is 6.20 Å². The molecule has 0 saturated heterocycles. The van der Waals surface area contributed by atoms with Gasteiger partial charge >= 0.3 is 0 Å². The number of ether oxygens (including phenoxy) is 1. The van der Waals surface area contributed by atoms with E-state index in [0.717, 1.165) is 12.1 Å². The van der Waals surface area contributed by atoms with Crippen LogP contribution in [0.25, 0.3) is 0 Å². The Morgan fingerprint density at radius 3 is 2.95 bits per heavy atom. The summed E-state index contributed by atoms with van der Waals surface area (Å²) in [6.07, 6.45) is 5.31. The van der Waals surface area contributed by atoms with Gasteiger partial charge in [0.05, 0.1) is 36.1 Å². The minimum Gasteiger partial charge on any atom is -0.383 e. The molecule has 2 rings (SSSR count). The zero-order valence-electron chi connectivity index (χ0n) is 12.5. The molecule has 1 fully saturated rings. The van der Waals surface area contributed by atoms with E-state index in [1.54, 1.807) is 13.3 Å². The Balaban J connectivity index is 2.29. The van der Waals surface area contributed by atoms with Crippen molar-refractivity contribution in [2.75, 3.05) is 13.7 Å². The number of nitrogens with two attached hydrogens (primary N) is 1. The summed E-state index contributed by atoms with van der Waals surface area (Å²) in [7, 11) is 1.68. The lowest BCUT2D eigenvalue weighted by molar-refractivity contribution is 0.171. The third-order valence-electron chi connectivity index (χ3n) is 4.56. The molecule has 1 heterocycles. The fraction of sp³-hybridized carbons (Fsp3) is 0.786. The van der Waals surface area contributed by atoms with Crippen molar-refractivity contribution in [3.05, 3.63) is 16.9 Å². The Bertz CT molecular complexity index is 446. The Morgan fingerprint density at radius 2 is 2.40 bits per heavy atom. The smallest absolute Gasteiger partial charge is 0.0834 e. The topological polar surface area (TPSA) is 65.1 Å². The molecule has 1 aromatic heterocycles. The van der Waals surface area contributed by atoms with Gasteiger partial charge < -0.3 is 4.74 Å². The number of hydrazine groups is 1. The summed E-state index contributed by atoms with van der Waals surface area (Å²) < 4.78 is 7.04. The van der Waals surface area contributed by atoms with Gasteiger partial charge in [-0.25, -0.2) is 0 Å². The van der Waals surface area contributed by atoms with Gasteiger partial charge in [-0.1, -0.05) is 31.9 Å². The molecule has 0 spiro atoms. The third kappa shape index (κ3) is 3.01. The van der Waals surface area contributed by atoms with Crippen LogP contribution in [-0.2, 0) is 11.3 Å². The second-order valence-electron chi connectivity index (χ2n) is 6.23. The SMILES string of the molecule is COCCn1ncc(Cl)c1C(NN)C1CCCC1(C)C. The summed E-state index contributed by atoms with van der Waals surface area (Å²) in [5.74, 6) is 6.31. The normalized spacial score (nSPS) is 23.1. The van der Waals surface area contributed by atoms with E-state index in [4.69, 9.17) is 22.2 Å². The van der Waals surface area contributed by atoms with Gasteiger partial charge in [0.2, 0.25) is 0 Å². The van der Waals surface area contributed by atoms with Crippen molar-refractivity contribution in [2.45, 2.75) is 45.7 Å². The van der Waals surface area contributed by atoms with Gasteiger partial charge in [-0.3, -0.25) is 16.0 Å². The zero-order valence-corrected chi connectivity index (χ0v) is 13.3. The van der Waals surface area contributed by atoms with Crippen LogP contribution in [-0.4, -0.2) is 23.5 Å². The van der Waals surface area contributed by atoms with Crippen molar-refractivity contribution >= 4 is 11.6 Å². The number of aromatic nitrogens is 2. The lowest BCUT2D eigenvalue weighted by Gasteiger charge is -2.34. The summed E-state index contributed by atoms with van der Waals surface area (Å²) in [6, 6.07) is 0.0272. The maximum atomic E-state index is 6.35. The van der Waals surface area contributed by atoms with Gasteiger partial charge in [-0.2, -0.15) is 5.10 Å². The zero-order chi connectivity index (χ0) is 14.8. The molecule has 0 amide bonds. The Morgan fingerprint density at radius 1 is 1.65 bits per heavy atom. The predicted octanol–water partition coefficient (Wildman–Crippen LogP) is 2.51. The first-order valence-electron chi connectivity index (χ1n) is 7.17. The van der Waals surface area contributed by atoms with Crippen LogP contribution in [0.5, 0.6) is 0 Å². The summed E-state index contributed by atoms with van der Waals surface area (Å²) in [5.41, 5.74) is 4.21. The second-order valence-corrected chi connectivity index (χ2v) is 6.63. The second kappa shape index (κ2) is 6.43. The number of rotatable bonds is 6. The van der Waals surface area contributed by atoms with E-state index >= 15 is 0 Å². The van der Waals surface area contributed by atoms with Gasteiger partial charge in [0.1, 0.15) is 0 Å². The van der Waals surface area contributed by atoms with Crippen molar-refractivity contribution in [3.63, 3.8) is 0 Å². The number of nitrogens with one attached hydrogen (secondary N) is 1. The van der Waals surface area contributed by atoms with Gasteiger partial charge in [0.15, 0.2) is 0 Å². The van der Waals surface area contributed by atoms with E-state index in [1.165, 1.54) is 12.8 Å². The maximum absolute atomic E-state index is 6.35. The largest absolute Gasteiger partial charge is 0.383 e. The standard InChI is InChI=1S/C14H25ClN4O/c1-14(2)6-4-5-10(14)12(18-16)13-11(15)9-17-19(13)7-8-20-3/h9-10,12,18H,4-8,16H2,1-3H3. The number of methoxy groups -OCH3 is 1. The molecule has 20 heavy (non-hydrogen) atoms. The summed E-state index contributed by atoms with van der Waals surface area (Å²) >= 11 is 6.35. The fourth-order valence-corrected chi connectivity index (χ4v) is 3.65. The minimum atomic E-state index is 0.0272.